The van der Waals surface area contributed by atoms with Crippen molar-refractivity contribution in [2.24, 2.45) is 5.41 Å². The fourth-order valence-corrected chi connectivity index (χ4v) is 3.61. The van der Waals surface area contributed by atoms with Crippen LogP contribution in [-0.4, -0.2) is 17.5 Å². The molecule has 1 unspecified atom stereocenters. The lowest BCUT2D eigenvalue weighted by Crippen LogP contribution is -2.35. The highest BCUT2D eigenvalue weighted by atomic mass is 32.2. The van der Waals surface area contributed by atoms with E-state index in [0.717, 1.165) is 12.2 Å². The summed E-state index contributed by atoms with van der Waals surface area (Å²) >= 11 is 1.95. The van der Waals surface area contributed by atoms with Gasteiger partial charge in [-0.05, 0) is 36.1 Å². The molecule has 0 aromatic heterocycles. The first-order valence-electron chi connectivity index (χ1n) is 6.07. The smallest absolute Gasteiger partial charge is 0.149 e. The third kappa shape index (κ3) is 3.15. The van der Waals surface area contributed by atoms with Gasteiger partial charge in [0.25, 0.3) is 0 Å². The van der Waals surface area contributed by atoms with Crippen LogP contribution in [0.5, 0.6) is 0 Å². The molecule has 1 aromatic carbocycles. The van der Waals surface area contributed by atoms with Crippen LogP contribution in [0.25, 0.3) is 0 Å². The fraction of sp³-hybridized carbons (Fsp3) is 0.571. The van der Waals surface area contributed by atoms with E-state index in [1.54, 1.807) is 13.0 Å². The number of halogens is 1. The molecule has 0 amide bonds. The van der Waals surface area contributed by atoms with Crippen molar-refractivity contribution in [1.82, 2.24) is 0 Å². The highest BCUT2D eigenvalue weighted by molar-refractivity contribution is 7.99. The number of anilines is 1. The summed E-state index contributed by atoms with van der Waals surface area (Å²) < 4.78 is 13.9. The van der Waals surface area contributed by atoms with Crippen LogP contribution in [0.2, 0.25) is 0 Å². The molecule has 94 valence electrons. The quantitative estimate of drug-likeness (QED) is 0.852. The molecule has 3 heteroatoms. The number of hydrogen-bond donors (Lipinski definition) is 1. The molecular formula is C14H20FNS. The van der Waals surface area contributed by atoms with Crippen molar-refractivity contribution in [2.75, 3.05) is 16.8 Å². The molecule has 2 rings (SSSR count). The summed E-state index contributed by atoms with van der Waals surface area (Å²) in [5, 5.41) is 3.35. The summed E-state index contributed by atoms with van der Waals surface area (Å²) in [7, 11) is 0. The van der Waals surface area contributed by atoms with E-state index in [-0.39, 0.29) is 5.82 Å². The monoisotopic (exact) mass is 253 g/mol. The molecule has 0 radical (unpaired) electrons. The van der Waals surface area contributed by atoms with Gasteiger partial charge >= 0.3 is 0 Å². The highest BCUT2D eigenvalue weighted by Crippen LogP contribution is 2.35. The van der Waals surface area contributed by atoms with Crippen molar-refractivity contribution in [3.8, 4) is 0 Å². The first kappa shape index (κ1) is 12.7. The van der Waals surface area contributed by atoms with Gasteiger partial charge in [-0.1, -0.05) is 26.0 Å². The Hall–Kier alpha value is -0.700. The summed E-state index contributed by atoms with van der Waals surface area (Å²) in [6.45, 7) is 6.36. The third-order valence-electron chi connectivity index (χ3n) is 3.16. The minimum atomic E-state index is -0.110. The molecule has 17 heavy (non-hydrogen) atoms. The minimum absolute atomic E-state index is 0.110. The van der Waals surface area contributed by atoms with Crippen LogP contribution >= 0.6 is 11.8 Å². The zero-order valence-corrected chi connectivity index (χ0v) is 11.5. The molecular weight excluding hydrogens is 233 g/mol. The average Bonchev–Trinajstić information content (AvgIpc) is 2.23. The molecule has 0 saturated carbocycles. The Morgan fingerprint density at radius 1 is 1.41 bits per heavy atom. The summed E-state index contributed by atoms with van der Waals surface area (Å²) in [4.78, 5) is 0. The number of benzene rings is 1. The predicted octanol–water partition coefficient (Wildman–Crippen LogP) is 4.08. The second-order valence-electron chi connectivity index (χ2n) is 5.66. The molecule has 1 aromatic rings. The molecule has 1 heterocycles. The Kier molecular flexibility index (Phi) is 3.67. The van der Waals surface area contributed by atoms with Gasteiger partial charge in [0.05, 0.1) is 5.69 Å². The number of hydrogen-bond acceptors (Lipinski definition) is 2. The van der Waals surface area contributed by atoms with Gasteiger partial charge in [0.2, 0.25) is 0 Å². The standard InChI is InChI=1S/C14H20FNS/c1-10-5-4-6-12(13(10)15)16-11-7-14(2,3)9-17-8-11/h4-6,11,16H,7-9H2,1-3H3. The maximum absolute atomic E-state index is 13.9. The van der Waals surface area contributed by atoms with Crippen molar-refractivity contribution in [1.29, 1.82) is 0 Å². The summed E-state index contributed by atoms with van der Waals surface area (Å²) in [5.41, 5.74) is 1.70. The second kappa shape index (κ2) is 4.89. The van der Waals surface area contributed by atoms with E-state index in [1.807, 2.05) is 23.9 Å². The fourth-order valence-electron chi connectivity index (χ4n) is 2.33. The molecule has 1 aliphatic rings. The van der Waals surface area contributed by atoms with Gasteiger partial charge in [-0.15, -0.1) is 0 Å². The molecule has 1 atom stereocenters. The van der Waals surface area contributed by atoms with E-state index in [4.69, 9.17) is 0 Å². The molecule has 0 aliphatic carbocycles. The minimum Gasteiger partial charge on any atom is -0.379 e. The number of aryl methyl sites for hydroxylation is 1. The van der Waals surface area contributed by atoms with Gasteiger partial charge in [0.1, 0.15) is 5.82 Å². The van der Waals surface area contributed by atoms with Gasteiger partial charge in [0, 0.05) is 11.8 Å². The third-order valence-corrected chi connectivity index (χ3v) is 4.79. The highest BCUT2D eigenvalue weighted by Gasteiger charge is 2.28. The Labute approximate surface area is 107 Å². The number of rotatable bonds is 2. The van der Waals surface area contributed by atoms with Crippen LogP contribution in [0.1, 0.15) is 25.8 Å². The van der Waals surface area contributed by atoms with E-state index in [0.29, 0.717) is 22.7 Å². The molecule has 1 fully saturated rings. The summed E-state index contributed by atoms with van der Waals surface area (Å²) in [6.07, 6.45) is 1.10. The molecule has 1 saturated heterocycles. The van der Waals surface area contributed by atoms with E-state index in [2.05, 4.69) is 19.2 Å². The van der Waals surface area contributed by atoms with E-state index < -0.39 is 0 Å². The van der Waals surface area contributed by atoms with Gasteiger partial charge in [-0.3, -0.25) is 0 Å². The van der Waals surface area contributed by atoms with Crippen molar-refractivity contribution >= 4 is 17.4 Å². The summed E-state index contributed by atoms with van der Waals surface area (Å²) in [5.74, 6) is 2.15. The van der Waals surface area contributed by atoms with Crippen LogP contribution in [0.4, 0.5) is 10.1 Å². The van der Waals surface area contributed by atoms with Gasteiger partial charge in [-0.25, -0.2) is 4.39 Å². The van der Waals surface area contributed by atoms with Crippen LogP contribution in [0.15, 0.2) is 18.2 Å². The normalized spacial score (nSPS) is 23.4. The first-order chi connectivity index (χ1) is 7.98. The first-order valence-corrected chi connectivity index (χ1v) is 7.23. The number of nitrogens with one attached hydrogen (secondary N) is 1. The SMILES string of the molecule is Cc1cccc(NC2CSCC(C)(C)C2)c1F. The Morgan fingerprint density at radius 2 is 2.18 bits per heavy atom. The van der Waals surface area contributed by atoms with Crippen molar-refractivity contribution in [2.45, 2.75) is 33.2 Å². The predicted molar refractivity (Wildman–Crippen MR) is 74.3 cm³/mol. The lowest BCUT2D eigenvalue weighted by atomic mass is 9.87. The molecule has 0 bridgehead atoms. The van der Waals surface area contributed by atoms with Crippen molar-refractivity contribution < 1.29 is 4.39 Å². The zero-order chi connectivity index (χ0) is 12.5. The Bertz CT molecular complexity index is 403. The van der Waals surface area contributed by atoms with Crippen molar-refractivity contribution in [3.05, 3.63) is 29.6 Å². The molecule has 1 nitrogen and oxygen atoms in total. The topological polar surface area (TPSA) is 12.0 Å². The molecule has 0 spiro atoms. The lowest BCUT2D eigenvalue weighted by molar-refractivity contribution is 0.357. The largest absolute Gasteiger partial charge is 0.379 e. The van der Waals surface area contributed by atoms with E-state index >= 15 is 0 Å². The Morgan fingerprint density at radius 3 is 2.88 bits per heavy atom. The Balaban J connectivity index is 2.08. The van der Waals surface area contributed by atoms with Crippen LogP contribution < -0.4 is 5.32 Å². The van der Waals surface area contributed by atoms with Crippen LogP contribution in [-0.2, 0) is 0 Å². The summed E-state index contributed by atoms with van der Waals surface area (Å²) in [6, 6.07) is 5.91. The van der Waals surface area contributed by atoms with Gasteiger partial charge in [0.15, 0.2) is 0 Å². The van der Waals surface area contributed by atoms with Crippen molar-refractivity contribution in [3.63, 3.8) is 0 Å². The van der Waals surface area contributed by atoms with E-state index in [1.165, 1.54) is 5.75 Å². The van der Waals surface area contributed by atoms with Crippen LogP contribution in [0, 0.1) is 18.2 Å². The second-order valence-corrected chi connectivity index (χ2v) is 6.69. The molecule has 1 N–H and O–H groups in total. The maximum Gasteiger partial charge on any atom is 0.149 e. The van der Waals surface area contributed by atoms with Gasteiger partial charge in [-0.2, -0.15) is 11.8 Å². The number of thioether (sulfide) groups is 1. The lowest BCUT2D eigenvalue weighted by Gasteiger charge is -2.35. The molecule has 1 aliphatic heterocycles. The maximum atomic E-state index is 13.9. The average molecular weight is 253 g/mol. The van der Waals surface area contributed by atoms with E-state index in [9.17, 15) is 4.39 Å². The van der Waals surface area contributed by atoms with Crippen LogP contribution in [0.3, 0.4) is 0 Å². The van der Waals surface area contributed by atoms with Gasteiger partial charge < -0.3 is 5.32 Å². The zero-order valence-electron chi connectivity index (χ0n) is 10.7.